The van der Waals surface area contributed by atoms with Gasteiger partial charge in [-0.25, -0.2) is 4.98 Å². The average molecular weight is 385 g/mol. The first-order valence-corrected chi connectivity index (χ1v) is 9.24. The molecule has 3 N–H and O–H groups in total. The largest absolute Gasteiger partial charge is 0.416 e. The minimum absolute atomic E-state index is 0.103. The Hall–Kier alpha value is -1.93. The van der Waals surface area contributed by atoms with E-state index in [2.05, 4.69) is 10.3 Å². The van der Waals surface area contributed by atoms with Gasteiger partial charge in [0.25, 0.3) is 0 Å². The Morgan fingerprint density at radius 2 is 1.81 bits per heavy atom. The van der Waals surface area contributed by atoms with Crippen LogP contribution in [-0.2, 0) is 17.5 Å². The van der Waals surface area contributed by atoms with Crippen LogP contribution in [0, 0.1) is 5.41 Å². The summed E-state index contributed by atoms with van der Waals surface area (Å²) in [6.45, 7) is 4.40. The first kappa shape index (κ1) is 20.4. The van der Waals surface area contributed by atoms with Gasteiger partial charge in [0, 0.05) is 17.5 Å². The Morgan fingerprint density at radius 3 is 2.31 bits per heavy atom. The summed E-state index contributed by atoms with van der Waals surface area (Å²) in [5.41, 5.74) is 5.77. The Morgan fingerprint density at radius 1 is 1.19 bits per heavy atom. The van der Waals surface area contributed by atoms with Crippen molar-refractivity contribution in [1.82, 2.24) is 10.3 Å². The number of carbonyl (C=O) groups excluding carboxylic acids is 1. The van der Waals surface area contributed by atoms with Gasteiger partial charge in [-0.05, 0) is 25.0 Å². The van der Waals surface area contributed by atoms with Crippen molar-refractivity contribution in [3.05, 3.63) is 40.9 Å². The van der Waals surface area contributed by atoms with Crippen LogP contribution in [0.1, 0.15) is 37.9 Å². The van der Waals surface area contributed by atoms with Gasteiger partial charge in [-0.3, -0.25) is 4.79 Å². The maximum atomic E-state index is 12.6. The second kappa shape index (κ2) is 8.18. The van der Waals surface area contributed by atoms with Crippen molar-refractivity contribution in [2.45, 2.75) is 39.4 Å². The summed E-state index contributed by atoms with van der Waals surface area (Å²) < 4.78 is 37.9. The third-order valence-corrected chi connectivity index (χ3v) is 5.61. The molecule has 4 nitrogen and oxygen atoms in total. The van der Waals surface area contributed by atoms with Crippen LogP contribution in [0.4, 0.5) is 13.2 Å². The Bertz CT molecular complexity index is 729. The molecule has 0 saturated heterocycles. The molecule has 1 heterocycles. The van der Waals surface area contributed by atoms with Crippen molar-refractivity contribution in [2.24, 2.45) is 11.1 Å². The topological polar surface area (TPSA) is 68.0 Å². The monoisotopic (exact) mass is 385 g/mol. The number of hydrogen-bond acceptors (Lipinski definition) is 4. The summed E-state index contributed by atoms with van der Waals surface area (Å²) >= 11 is 1.32. The lowest BCUT2D eigenvalue weighted by molar-refractivity contribution is -0.137. The predicted octanol–water partition coefficient (Wildman–Crippen LogP) is 4.21. The lowest BCUT2D eigenvalue weighted by Gasteiger charge is -2.28. The van der Waals surface area contributed by atoms with Gasteiger partial charge in [-0.2, -0.15) is 13.2 Å². The molecule has 0 saturated carbocycles. The SMILES string of the molecule is CCC(CC)(CN)C(=O)NCc1csc(-c2ccc(C(F)(F)F)cc2)n1. The van der Waals surface area contributed by atoms with E-state index in [-0.39, 0.29) is 19.0 Å². The lowest BCUT2D eigenvalue weighted by Crippen LogP contribution is -2.45. The van der Waals surface area contributed by atoms with Gasteiger partial charge < -0.3 is 11.1 Å². The fourth-order valence-electron chi connectivity index (χ4n) is 2.63. The molecule has 26 heavy (non-hydrogen) atoms. The van der Waals surface area contributed by atoms with Crippen molar-refractivity contribution < 1.29 is 18.0 Å². The zero-order valence-corrected chi connectivity index (χ0v) is 15.5. The number of rotatable bonds is 7. The molecule has 0 spiro atoms. The molecule has 0 fully saturated rings. The number of thiazole rings is 1. The van der Waals surface area contributed by atoms with Gasteiger partial charge in [0.1, 0.15) is 5.01 Å². The zero-order chi connectivity index (χ0) is 19.4. The summed E-state index contributed by atoms with van der Waals surface area (Å²) in [5, 5.41) is 5.26. The normalized spacial score (nSPS) is 12.2. The molecule has 0 aliphatic carbocycles. The van der Waals surface area contributed by atoms with Crippen molar-refractivity contribution in [1.29, 1.82) is 0 Å². The Balaban J connectivity index is 2.05. The number of aromatic nitrogens is 1. The molecule has 2 rings (SSSR count). The highest BCUT2D eigenvalue weighted by atomic mass is 32.1. The highest BCUT2D eigenvalue weighted by Crippen LogP contribution is 2.32. The molecule has 0 unspecified atom stereocenters. The molecule has 0 atom stereocenters. The second-order valence-electron chi connectivity index (χ2n) is 6.09. The smallest absolute Gasteiger partial charge is 0.350 e. The molecular weight excluding hydrogens is 363 g/mol. The van der Waals surface area contributed by atoms with Crippen molar-refractivity contribution in [2.75, 3.05) is 6.54 Å². The number of nitrogens with one attached hydrogen (secondary N) is 1. The summed E-state index contributed by atoms with van der Waals surface area (Å²) in [4.78, 5) is 16.8. The van der Waals surface area contributed by atoms with E-state index in [1.165, 1.54) is 23.5 Å². The summed E-state index contributed by atoms with van der Waals surface area (Å²) in [6.07, 6.45) is -3.05. The van der Waals surface area contributed by atoms with Crippen LogP contribution < -0.4 is 11.1 Å². The van der Waals surface area contributed by atoms with Crippen molar-refractivity contribution >= 4 is 17.2 Å². The number of alkyl halides is 3. The fraction of sp³-hybridized carbons (Fsp3) is 0.444. The van der Waals surface area contributed by atoms with Gasteiger partial charge >= 0.3 is 6.18 Å². The van der Waals surface area contributed by atoms with E-state index in [1.807, 2.05) is 13.8 Å². The molecule has 1 aromatic carbocycles. The molecule has 1 aromatic heterocycles. The lowest BCUT2D eigenvalue weighted by atomic mass is 9.81. The fourth-order valence-corrected chi connectivity index (χ4v) is 3.46. The van der Waals surface area contributed by atoms with E-state index in [4.69, 9.17) is 5.73 Å². The number of halogens is 3. The van der Waals surface area contributed by atoms with E-state index in [0.717, 1.165) is 12.1 Å². The number of amides is 1. The highest BCUT2D eigenvalue weighted by molar-refractivity contribution is 7.13. The van der Waals surface area contributed by atoms with Crippen molar-refractivity contribution in [3.63, 3.8) is 0 Å². The number of carbonyl (C=O) groups is 1. The van der Waals surface area contributed by atoms with Gasteiger partial charge in [0.15, 0.2) is 0 Å². The van der Waals surface area contributed by atoms with Gasteiger partial charge in [-0.1, -0.05) is 26.0 Å². The van der Waals surface area contributed by atoms with Crippen LogP contribution in [0.15, 0.2) is 29.6 Å². The standard InChI is InChI=1S/C18H22F3N3OS/c1-3-17(4-2,11-22)16(25)23-9-14-10-26-15(24-14)12-5-7-13(8-6-12)18(19,20)21/h5-8,10H,3-4,9,11,22H2,1-2H3,(H,23,25). The Labute approximate surface area is 154 Å². The van der Waals surface area contributed by atoms with Gasteiger partial charge in [0.05, 0.1) is 23.2 Å². The maximum Gasteiger partial charge on any atom is 0.416 e. The molecule has 0 radical (unpaired) electrons. The quantitative estimate of drug-likeness (QED) is 0.750. The third-order valence-electron chi connectivity index (χ3n) is 4.67. The zero-order valence-electron chi connectivity index (χ0n) is 14.7. The van der Waals surface area contributed by atoms with Crippen molar-refractivity contribution in [3.8, 4) is 10.6 Å². The molecule has 2 aromatic rings. The molecular formula is C18H22F3N3OS. The minimum Gasteiger partial charge on any atom is -0.350 e. The Kier molecular flexibility index (Phi) is 6.41. The summed E-state index contributed by atoms with van der Waals surface area (Å²) in [5.74, 6) is -0.103. The van der Waals surface area contributed by atoms with E-state index < -0.39 is 17.2 Å². The molecule has 0 aliphatic rings. The second-order valence-corrected chi connectivity index (χ2v) is 6.95. The van der Waals surface area contributed by atoms with Crippen LogP contribution in [0.25, 0.3) is 10.6 Å². The highest BCUT2D eigenvalue weighted by Gasteiger charge is 2.33. The van der Waals surface area contributed by atoms with Crippen LogP contribution in [0.5, 0.6) is 0 Å². The minimum atomic E-state index is -4.36. The maximum absolute atomic E-state index is 12.6. The first-order valence-electron chi connectivity index (χ1n) is 8.36. The third kappa shape index (κ3) is 4.42. The van der Waals surface area contributed by atoms with Gasteiger partial charge in [0.2, 0.25) is 5.91 Å². The molecule has 0 aliphatic heterocycles. The van der Waals surface area contributed by atoms with E-state index in [1.54, 1.807) is 5.38 Å². The number of nitrogens with two attached hydrogens (primary N) is 1. The van der Waals surface area contributed by atoms with E-state index in [0.29, 0.717) is 29.1 Å². The van der Waals surface area contributed by atoms with Crippen LogP contribution in [0.2, 0.25) is 0 Å². The van der Waals surface area contributed by atoms with Crippen LogP contribution in [-0.4, -0.2) is 17.4 Å². The average Bonchev–Trinajstić information content (AvgIpc) is 3.10. The summed E-state index contributed by atoms with van der Waals surface area (Å²) in [7, 11) is 0. The molecule has 1 amide bonds. The number of benzene rings is 1. The molecule has 0 bridgehead atoms. The molecule has 8 heteroatoms. The van der Waals surface area contributed by atoms with Crippen LogP contribution in [0.3, 0.4) is 0 Å². The van der Waals surface area contributed by atoms with E-state index in [9.17, 15) is 18.0 Å². The molecule has 142 valence electrons. The number of nitrogens with zero attached hydrogens (tertiary/aromatic N) is 1. The first-order chi connectivity index (χ1) is 12.3. The summed E-state index contributed by atoms with van der Waals surface area (Å²) in [6, 6.07) is 4.88. The van der Waals surface area contributed by atoms with Crippen LogP contribution >= 0.6 is 11.3 Å². The van der Waals surface area contributed by atoms with E-state index >= 15 is 0 Å². The predicted molar refractivity (Wildman–Crippen MR) is 96.5 cm³/mol. The number of hydrogen-bond donors (Lipinski definition) is 2. The van der Waals surface area contributed by atoms with Gasteiger partial charge in [-0.15, -0.1) is 11.3 Å².